The number of aryl methyl sites for hydroxylation is 1. The average molecular weight is 332 g/mol. The van der Waals surface area contributed by atoms with Crippen molar-refractivity contribution in [1.29, 1.82) is 0 Å². The first kappa shape index (κ1) is 17.1. The number of imidazole rings is 1. The minimum atomic E-state index is -0.631. The van der Waals surface area contributed by atoms with E-state index in [4.69, 9.17) is 9.47 Å². The van der Waals surface area contributed by atoms with Crippen LogP contribution in [0.4, 0.5) is 4.39 Å². The topological polar surface area (TPSA) is 36.3 Å². The minimum Gasteiger partial charge on any atom is -0.345 e. The Morgan fingerprint density at radius 2 is 2.17 bits per heavy atom. The van der Waals surface area contributed by atoms with Crippen molar-refractivity contribution in [3.63, 3.8) is 0 Å². The van der Waals surface area contributed by atoms with E-state index in [1.165, 1.54) is 12.1 Å². The maximum atomic E-state index is 13.1. The van der Waals surface area contributed by atoms with Crippen molar-refractivity contribution >= 4 is 0 Å². The Bertz CT molecular complexity index is 615. The van der Waals surface area contributed by atoms with Crippen LogP contribution >= 0.6 is 0 Å². The molecular weight excluding hydrogens is 307 g/mol. The van der Waals surface area contributed by atoms with E-state index >= 15 is 0 Å². The molecule has 2 heterocycles. The van der Waals surface area contributed by atoms with E-state index in [1.54, 1.807) is 12.5 Å². The van der Waals surface area contributed by atoms with Gasteiger partial charge in [-0.05, 0) is 30.5 Å². The fourth-order valence-electron chi connectivity index (χ4n) is 3.13. The first-order valence-corrected chi connectivity index (χ1v) is 8.71. The van der Waals surface area contributed by atoms with Crippen LogP contribution in [-0.4, -0.2) is 28.0 Å². The van der Waals surface area contributed by atoms with Crippen LogP contribution in [0.25, 0.3) is 0 Å². The molecule has 1 aromatic heterocycles. The molecule has 2 unspecified atom stereocenters. The predicted molar refractivity (Wildman–Crippen MR) is 90.0 cm³/mol. The van der Waals surface area contributed by atoms with Crippen molar-refractivity contribution < 1.29 is 13.9 Å². The normalized spacial score (nSPS) is 23.7. The zero-order chi connectivity index (χ0) is 16.8. The van der Waals surface area contributed by atoms with E-state index in [2.05, 4.69) is 11.9 Å². The summed E-state index contributed by atoms with van der Waals surface area (Å²) < 4.78 is 27.5. The Hall–Kier alpha value is -1.72. The van der Waals surface area contributed by atoms with Crippen LogP contribution < -0.4 is 0 Å². The molecule has 0 aliphatic carbocycles. The van der Waals surface area contributed by atoms with E-state index in [9.17, 15) is 4.39 Å². The SMILES string of the molecule is CCCCC1COC(CCc2ccc(F)cc2)(Cn2ccnc2)O1. The summed E-state index contributed by atoms with van der Waals surface area (Å²) in [7, 11) is 0. The molecule has 3 rings (SSSR count). The quantitative estimate of drug-likeness (QED) is 0.734. The van der Waals surface area contributed by atoms with Crippen LogP contribution in [0.5, 0.6) is 0 Å². The van der Waals surface area contributed by atoms with Crippen molar-refractivity contribution in [2.45, 2.75) is 57.5 Å². The summed E-state index contributed by atoms with van der Waals surface area (Å²) in [5.74, 6) is -0.840. The monoisotopic (exact) mass is 332 g/mol. The van der Waals surface area contributed by atoms with Gasteiger partial charge in [-0.2, -0.15) is 0 Å². The summed E-state index contributed by atoms with van der Waals surface area (Å²) in [6, 6.07) is 6.64. The zero-order valence-electron chi connectivity index (χ0n) is 14.2. The van der Waals surface area contributed by atoms with Gasteiger partial charge in [-0.15, -0.1) is 0 Å². The molecular formula is C19H25FN2O2. The molecule has 1 aliphatic rings. The molecule has 2 atom stereocenters. The van der Waals surface area contributed by atoms with Gasteiger partial charge in [0, 0.05) is 18.8 Å². The van der Waals surface area contributed by atoms with E-state index in [-0.39, 0.29) is 11.9 Å². The summed E-state index contributed by atoms with van der Waals surface area (Å²) in [5.41, 5.74) is 1.09. The Morgan fingerprint density at radius 1 is 1.33 bits per heavy atom. The highest BCUT2D eigenvalue weighted by molar-refractivity contribution is 5.16. The van der Waals surface area contributed by atoms with Crippen molar-refractivity contribution in [1.82, 2.24) is 9.55 Å². The standard InChI is InChI=1S/C19H25FN2O2/c1-2-3-4-18-13-23-19(24-18,14-22-12-11-21-15-22)10-9-16-5-7-17(20)8-6-16/h5-8,11-12,15,18H,2-4,9-10,13-14H2,1H3. The number of rotatable bonds is 8. The first-order valence-electron chi connectivity index (χ1n) is 8.71. The fourth-order valence-corrected chi connectivity index (χ4v) is 3.13. The molecule has 1 fully saturated rings. The van der Waals surface area contributed by atoms with Gasteiger partial charge in [0.1, 0.15) is 5.82 Å². The molecule has 1 aromatic carbocycles. The zero-order valence-corrected chi connectivity index (χ0v) is 14.2. The highest BCUT2D eigenvalue weighted by Crippen LogP contribution is 2.32. The average Bonchev–Trinajstić information content (AvgIpc) is 3.23. The molecule has 0 bridgehead atoms. The van der Waals surface area contributed by atoms with Gasteiger partial charge in [-0.25, -0.2) is 9.37 Å². The number of hydrogen-bond acceptors (Lipinski definition) is 3. The van der Waals surface area contributed by atoms with Crippen LogP contribution in [-0.2, 0) is 22.4 Å². The van der Waals surface area contributed by atoms with Gasteiger partial charge in [-0.3, -0.25) is 0 Å². The maximum absolute atomic E-state index is 13.1. The Morgan fingerprint density at radius 3 is 2.88 bits per heavy atom. The van der Waals surface area contributed by atoms with Crippen molar-refractivity contribution in [3.8, 4) is 0 Å². The van der Waals surface area contributed by atoms with E-state index < -0.39 is 5.79 Å². The van der Waals surface area contributed by atoms with Gasteiger partial charge in [-0.1, -0.05) is 31.9 Å². The fraction of sp³-hybridized carbons (Fsp3) is 0.526. The molecule has 1 aliphatic heterocycles. The van der Waals surface area contributed by atoms with Crippen LogP contribution in [0.15, 0.2) is 43.0 Å². The molecule has 0 saturated carbocycles. The lowest BCUT2D eigenvalue weighted by atomic mass is 10.0. The summed E-state index contributed by atoms with van der Waals surface area (Å²) in [6.07, 6.45) is 10.5. The largest absolute Gasteiger partial charge is 0.345 e. The smallest absolute Gasteiger partial charge is 0.187 e. The Labute approximate surface area is 142 Å². The number of unbranched alkanes of at least 4 members (excludes halogenated alkanes) is 1. The summed E-state index contributed by atoms with van der Waals surface area (Å²) in [4.78, 5) is 4.10. The van der Waals surface area contributed by atoms with Crippen molar-refractivity contribution in [2.24, 2.45) is 0 Å². The second-order valence-corrected chi connectivity index (χ2v) is 6.47. The second-order valence-electron chi connectivity index (χ2n) is 6.47. The van der Waals surface area contributed by atoms with E-state index in [1.807, 2.05) is 22.9 Å². The Kier molecular flexibility index (Phi) is 5.63. The van der Waals surface area contributed by atoms with E-state index in [0.717, 1.165) is 37.7 Å². The number of nitrogens with zero attached hydrogens (tertiary/aromatic N) is 2. The van der Waals surface area contributed by atoms with Crippen LogP contribution in [0.1, 0.15) is 38.2 Å². The van der Waals surface area contributed by atoms with Gasteiger partial charge in [0.15, 0.2) is 5.79 Å². The lowest BCUT2D eigenvalue weighted by molar-refractivity contribution is -0.182. The van der Waals surface area contributed by atoms with Gasteiger partial charge in [0.2, 0.25) is 0 Å². The van der Waals surface area contributed by atoms with Crippen molar-refractivity contribution in [3.05, 3.63) is 54.4 Å². The third kappa shape index (κ3) is 4.42. The summed E-state index contributed by atoms with van der Waals surface area (Å²) in [5, 5.41) is 0. The van der Waals surface area contributed by atoms with Gasteiger partial charge in [0.25, 0.3) is 0 Å². The second kappa shape index (κ2) is 7.90. The number of halogens is 1. The molecule has 0 radical (unpaired) electrons. The molecule has 130 valence electrons. The number of ether oxygens (including phenoxy) is 2. The molecule has 0 spiro atoms. The lowest BCUT2D eigenvalue weighted by Crippen LogP contribution is -2.36. The minimum absolute atomic E-state index is 0.154. The first-order chi connectivity index (χ1) is 11.7. The molecule has 0 N–H and O–H groups in total. The summed E-state index contributed by atoms with van der Waals surface area (Å²) >= 11 is 0. The van der Waals surface area contributed by atoms with Crippen LogP contribution in [0.3, 0.4) is 0 Å². The highest BCUT2D eigenvalue weighted by atomic mass is 19.1. The van der Waals surface area contributed by atoms with Crippen molar-refractivity contribution in [2.75, 3.05) is 6.61 Å². The number of hydrogen-bond donors (Lipinski definition) is 0. The highest BCUT2D eigenvalue weighted by Gasteiger charge is 2.41. The molecule has 4 nitrogen and oxygen atoms in total. The molecule has 2 aromatic rings. The Balaban J connectivity index is 1.66. The third-order valence-electron chi connectivity index (χ3n) is 4.48. The van der Waals surface area contributed by atoms with Crippen LogP contribution in [0, 0.1) is 5.82 Å². The third-order valence-corrected chi connectivity index (χ3v) is 4.48. The summed E-state index contributed by atoms with van der Waals surface area (Å²) in [6.45, 7) is 3.44. The lowest BCUT2D eigenvalue weighted by Gasteiger charge is -2.28. The number of benzene rings is 1. The number of aromatic nitrogens is 2. The predicted octanol–water partition coefficient (Wildman–Crippen LogP) is 3.96. The maximum Gasteiger partial charge on any atom is 0.187 e. The van der Waals surface area contributed by atoms with Crippen LogP contribution in [0.2, 0.25) is 0 Å². The molecule has 1 saturated heterocycles. The van der Waals surface area contributed by atoms with Gasteiger partial charge in [0.05, 0.1) is 25.6 Å². The molecule has 24 heavy (non-hydrogen) atoms. The molecule has 5 heteroatoms. The van der Waals surface area contributed by atoms with E-state index in [0.29, 0.717) is 13.2 Å². The van der Waals surface area contributed by atoms with Gasteiger partial charge < -0.3 is 14.0 Å². The molecule has 0 amide bonds. The van der Waals surface area contributed by atoms with Gasteiger partial charge >= 0.3 is 0 Å².